The van der Waals surface area contributed by atoms with E-state index in [0.29, 0.717) is 23.2 Å². The van der Waals surface area contributed by atoms with Crippen molar-refractivity contribution in [2.24, 2.45) is 5.92 Å². The predicted molar refractivity (Wildman–Crippen MR) is 89.5 cm³/mol. The van der Waals surface area contributed by atoms with Crippen LogP contribution < -0.4 is 15.7 Å². The van der Waals surface area contributed by atoms with Crippen molar-refractivity contribution in [1.82, 2.24) is 20.9 Å². The molecular formula is C15H18ClFN6O2. The molecule has 1 aromatic heterocycles. The van der Waals surface area contributed by atoms with E-state index in [4.69, 9.17) is 21.6 Å². The minimum Gasteiger partial charge on any atom is -0.316 e. The summed E-state index contributed by atoms with van der Waals surface area (Å²) in [6.07, 6.45) is 1.11. The molecule has 1 saturated heterocycles. The highest BCUT2D eigenvalue weighted by atomic mass is 35.5. The third kappa shape index (κ3) is 4.13. The van der Waals surface area contributed by atoms with Crippen LogP contribution in [-0.2, 0) is 6.54 Å². The molecule has 10 heteroatoms. The van der Waals surface area contributed by atoms with Gasteiger partial charge in [-0.1, -0.05) is 16.8 Å². The maximum Gasteiger partial charge on any atom is 0.182 e. The first-order valence-electron chi connectivity index (χ1n) is 7.82. The minimum absolute atomic E-state index is 0.0972. The molecule has 134 valence electrons. The van der Waals surface area contributed by atoms with Gasteiger partial charge in [-0.15, -0.1) is 0 Å². The summed E-state index contributed by atoms with van der Waals surface area (Å²) in [6.45, 7) is 3.16. The van der Waals surface area contributed by atoms with Gasteiger partial charge in [0.15, 0.2) is 11.5 Å². The summed E-state index contributed by atoms with van der Waals surface area (Å²) < 4.78 is 17.9. The highest BCUT2D eigenvalue weighted by Crippen LogP contribution is 2.23. The molecule has 8 nitrogen and oxygen atoms in total. The monoisotopic (exact) mass is 368 g/mol. The van der Waals surface area contributed by atoms with Gasteiger partial charge in [0, 0.05) is 6.54 Å². The van der Waals surface area contributed by atoms with Crippen molar-refractivity contribution in [3.63, 3.8) is 0 Å². The van der Waals surface area contributed by atoms with Gasteiger partial charge in [0.1, 0.15) is 11.5 Å². The fourth-order valence-electron chi connectivity index (χ4n) is 2.63. The van der Waals surface area contributed by atoms with Crippen LogP contribution in [0.15, 0.2) is 22.8 Å². The Labute approximate surface area is 148 Å². The van der Waals surface area contributed by atoms with Gasteiger partial charge in [-0.05, 0) is 55.3 Å². The fourth-order valence-corrected chi connectivity index (χ4v) is 2.81. The lowest BCUT2D eigenvalue weighted by atomic mass is 10.1. The van der Waals surface area contributed by atoms with Crippen LogP contribution in [0.25, 0.3) is 0 Å². The number of hydrogen-bond donors (Lipinski definition) is 4. The van der Waals surface area contributed by atoms with E-state index < -0.39 is 5.82 Å². The Kier molecular flexibility index (Phi) is 5.59. The van der Waals surface area contributed by atoms with Crippen LogP contribution in [-0.4, -0.2) is 41.0 Å². The maximum absolute atomic E-state index is 13.2. The van der Waals surface area contributed by atoms with Crippen molar-refractivity contribution >= 4 is 23.1 Å². The molecule has 0 amide bonds. The van der Waals surface area contributed by atoms with Gasteiger partial charge in [0.05, 0.1) is 10.7 Å². The molecule has 0 aliphatic carbocycles. The molecule has 1 aliphatic rings. The zero-order valence-corrected chi connectivity index (χ0v) is 14.1. The molecule has 2 aromatic rings. The molecule has 4 N–H and O–H groups in total. The second-order valence-electron chi connectivity index (χ2n) is 5.81. The molecule has 1 fully saturated rings. The summed E-state index contributed by atoms with van der Waals surface area (Å²) in [5, 5.41) is 32.7. The van der Waals surface area contributed by atoms with E-state index in [9.17, 15) is 9.60 Å². The number of benzene rings is 1. The molecule has 25 heavy (non-hydrogen) atoms. The lowest BCUT2D eigenvalue weighted by Gasteiger charge is -2.17. The van der Waals surface area contributed by atoms with E-state index in [1.807, 2.05) is 0 Å². The van der Waals surface area contributed by atoms with Gasteiger partial charge < -0.3 is 10.6 Å². The summed E-state index contributed by atoms with van der Waals surface area (Å²) >= 11 is 5.70. The number of amidine groups is 1. The number of rotatable bonds is 6. The van der Waals surface area contributed by atoms with Gasteiger partial charge >= 0.3 is 0 Å². The van der Waals surface area contributed by atoms with E-state index in [-0.39, 0.29) is 22.2 Å². The number of hydroxylamine groups is 1. The van der Waals surface area contributed by atoms with Crippen LogP contribution in [0.5, 0.6) is 0 Å². The number of hydrogen-bond acceptors (Lipinski definition) is 7. The van der Waals surface area contributed by atoms with E-state index >= 15 is 0 Å². The molecule has 1 aromatic carbocycles. The molecule has 0 spiro atoms. The predicted octanol–water partition coefficient (Wildman–Crippen LogP) is 1.78. The van der Waals surface area contributed by atoms with Gasteiger partial charge in [0.2, 0.25) is 0 Å². The summed E-state index contributed by atoms with van der Waals surface area (Å²) in [6, 6.07) is 3.62. The molecule has 1 unspecified atom stereocenters. The first kappa shape index (κ1) is 17.7. The topological polar surface area (TPSA) is 110 Å². The van der Waals surface area contributed by atoms with Gasteiger partial charge in [-0.2, -0.15) is 0 Å². The summed E-state index contributed by atoms with van der Waals surface area (Å²) in [5.41, 5.74) is 0.638. The van der Waals surface area contributed by atoms with Crippen LogP contribution in [0.4, 0.5) is 10.1 Å². The number of aromatic nitrogens is 2. The molecule has 2 heterocycles. The van der Waals surface area contributed by atoms with E-state index in [2.05, 4.69) is 20.9 Å². The van der Waals surface area contributed by atoms with Crippen molar-refractivity contribution in [3.8, 4) is 0 Å². The maximum atomic E-state index is 13.2. The average Bonchev–Trinajstić information content (AvgIpc) is 3.28. The molecule has 3 rings (SSSR count). The van der Waals surface area contributed by atoms with Gasteiger partial charge in [-0.25, -0.2) is 14.1 Å². The first-order chi connectivity index (χ1) is 12.1. The Morgan fingerprint density at radius 3 is 3.08 bits per heavy atom. The highest BCUT2D eigenvalue weighted by molar-refractivity contribution is 6.31. The Hall–Kier alpha value is -2.07. The number of halogens is 2. The average molecular weight is 369 g/mol. The molecule has 1 atom stereocenters. The summed E-state index contributed by atoms with van der Waals surface area (Å²) in [4.78, 5) is 0. The van der Waals surface area contributed by atoms with E-state index in [0.717, 1.165) is 32.1 Å². The Morgan fingerprint density at radius 1 is 1.52 bits per heavy atom. The first-order valence-corrected chi connectivity index (χ1v) is 8.20. The van der Waals surface area contributed by atoms with Crippen LogP contribution >= 0.6 is 11.6 Å². The third-order valence-electron chi connectivity index (χ3n) is 4.03. The molecular weight excluding hydrogens is 351 g/mol. The minimum atomic E-state index is -0.611. The smallest absolute Gasteiger partial charge is 0.182 e. The van der Waals surface area contributed by atoms with Crippen LogP contribution in [0.3, 0.4) is 0 Å². The lowest BCUT2D eigenvalue weighted by Crippen LogP contribution is -2.30. The van der Waals surface area contributed by atoms with Crippen molar-refractivity contribution in [2.75, 3.05) is 24.7 Å². The zero-order chi connectivity index (χ0) is 17.8. The van der Waals surface area contributed by atoms with Crippen molar-refractivity contribution in [3.05, 3.63) is 40.4 Å². The number of anilines is 1. The van der Waals surface area contributed by atoms with Gasteiger partial charge in [-0.3, -0.25) is 10.6 Å². The van der Waals surface area contributed by atoms with Crippen LogP contribution in [0, 0.1) is 17.1 Å². The highest BCUT2D eigenvalue weighted by Gasteiger charge is 2.22. The van der Waals surface area contributed by atoms with Crippen molar-refractivity contribution < 1.29 is 14.2 Å². The largest absolute Gasteiger partial charge is 0.316 e. The SMILES string of the molecule is N=C(c1nonc1CNCC1CCNC1)N(O)c1ccc(F)c(Cl)c1. The summed E-state index contributed by atoms with van der Waals surface area (Å²) in [7, 11) is 0. The zero-order valence-electron chi connectivity index (χ0n) is 13.3. The second-order valence-corrected chi connectivity index (χ2v) is 6.22. The van der Waals surface area contributed by atoms with Crippen LogP contribution in [0.2, 0.25) is 5.02 Å². The molecule has 1 aliphatic heterocycles. The summed E-state index contributed by atoms with van der Waals surface area (Å²) in [5.74, 6) is -0.401. The quantitative estimate of drug-likeness (QED) is 0.349. The normalized spacial score (nSPS) is 17.0. The fraction of sp³-hybridized carbons (Fsp3) is 0.400. The van der Waals surface area contributed by atoms with Crippen molar-refractivity contribution in [2.45, 2.75) is 13.0 Å². The lowest BCUT2D eigenvalue weighted by molar-refractivity contribution is 0.297. The standard InChI is InChI=1S/C15H18ClFN6O2/c16-11-5-10(1-2-12(11)17)23(24)15(18)14-13(21-25-22-14)8-20-7-9-3-4-19-6-9/h1-2,5,9,18-20,24H,3-4,6-8H2. The van der Waals surface area contributed by atoms with Crippen LogP contribution in [0.1, 0.15) is 17.8 Å². The number of nitrogens with zero attached hydrogens (tertiary/aromatic N) is 3. The molecule has 0 saturated carbocycles. The third-order valence-corrected chi connectivity index (χ3v) is 4.32. The molecule has 0 bridgehead atoms. The Bertz CT molecular complexity index is 749. The van der Waals surface area contributed by atoms with E-state index in [1.165, 1.54) is 12.1 Å². The van der Waals surface area contributed by atoms with E-state index in [1.54, 1.807) is 0 Å². The second kappa shape index (κ2) is 7.87. The van der Waals surface area contributed by atoms with Crippen molar-refractivity contribution in [1.29, 1.82) is 5.41 Å². The van der Waals surface area contributed by atoms with Gasteiger partial charge in [0.25, 0.3) is 0 Å². The number of nitrogens with one attached hydrogen (secondary N) is 3. The Morgan fingerprint density at radius 2 is 2.36 bits per heavy atom. The Balaban J connectivity index is 1.65. The molecule has 0 radical (unpaired) electrons.